The Morgan fingerprint density at radius 2 is 1.71 bits per heavy atom. The quantitative estimate of drug-likeness (QED) is 0.375. The Morgan fingerprint density at radius 1 is 1.05 bits per heavy atom. The Morgan fingerprint density at radius 3 is 2.32 bits per heavy atom. The fourth-order valence-corrected chi connectivity index (χ4v) is 5.88. The molecule has 38 heavy (non-hydrogen) atoms. The van der Waals surface area contributed by atoms with Crippen LogP contribution in [0.5, 0.6) is 0 Å². The van der Waals surface area contributed by atoms with Gasteiger partial charge in [-0.25, -0.2) is 12.8 Å². The predicted molar refractivity (Wildman–Crippen MR) is 149 cm³/mol. The van der Waals surface area contributed by atoms with E-state index >= 15 is 0 Å². The van der Waals surface area contributed by atoms with Gasteiger partial charge in [-0.05, 0) is 68.1 Å². The standard InChI is InChI=1S/C27H34Cl2FN3O4S/c1-19(27(35)31-22-7-4-3-5-8-22)32(18-20-10-15-24(28)25(29)17-20)26(34)9-6-16-33(38(2,36)37)23-13-11-21(30)12-14-23/h10-15,17,19,22H,3-9,16,18H2,1-2H3,(H,31,35)/t19-/m1/s1. The maximum atomic E-state index is 13.4. The van der Waals surface area contributed by atoms with E-state index in [0.29, 0.717) is 21.3 Å². The second-order valence-electron chi connectivity index (χ2n) is 9.70. The molecule has 0 aromatic heterocycles. The number of hydrogen-bond acceptors (Lipinski definition) is 4. The number of carbonyl (C=O) groups excluding carboxylic acids is 2. The van der Waals surface area contributed by atoms with Gasteiger partial charge in [0.2, 0.25) is 21.8 Å². The first-order chi connectivity index (χ1) is 18.0. The number of anilines is 1. The van der Waals surface area contributed by atoms with E-state index in [4.69, 9.17) is 23.2 Å². The van der Waals surface area contributed by atoms with Gasteiger partial charge in [-0.3, -0.25) is 13.9 Å². The summed E-state index contributed by atoms with van der Waals surface area (Å²) in [5.41, 5.74) is 1.03. The lowest BCUT2D eigenvalue weighted by atomic mass is 9.95. The predicted octanol–water partition coefficient (Wildman–Crippen LogP) is 5.54. The van der Waals surface area contributed by atoms with Gasteiger partial charge in [0.25, 0.3) is 0 Å². The summed E-state index contributed by atoms with van der Waals surface area (Å²) in [6.45, 7) is 1.86. The number of nitrogens with zero attached hydrogens (tertiary/aromatic N) is 2. The summed E-state index contributed by atoms with van der Waals surface area (Å²) in [5.74, 6) is -1.000. The van der Waals surface area contributed by atoms with Crippen molar-refractivity contribution < 1.29 is 22.4 Å². The third-order valence-electron chi connectivity index (χ3n) is 6.72. The van der Waals surface area contributed by atoms with Crippen LogP contribution in [0.25, 0.3) is 0 Å². The Kier molecular flexibility index (Phi) is 10.8. The van der Waals surface area contributed by atoms with Crippen LogP contribution in [-0.2, 0) is 26.2 Å². The van der Waals surface area contributed by atoms with Crippen molar-refractivity contribution in [2.24, 2.45) is 0 Å². The number of amides is 2. The van der Waals surface area contributed by atoms with E-state index in [9.17, 15) is 22.4 Å². The van der Waals surface area contributed by atoms with Crippen molar-refractivity contribution in [3.05, 3.63) is 63.9 Å². The first-order valence-electron chi connectivity index (χ1n) is 12.7. The lowest BCUT2D eigenvalue weighted by molar-refractivity contribution is -0.141. The highest BCUT2D eigenvalue weighted by molar-refractivity contribution is 7.92. The SMILES string of the molecule is C[C@H](C(=O)NC1CCCCC1)N(Cc1ccc(Cl)c(Cl)c1)C(=O)CCCN(c1ccc(F)cc1)S(C)(=O)=O. The number of rotatable bonds is 11. The van der Waals surface area contributed by atoms with Gasteiger partial charge < -0.3 is 10.2 Å². The Labute approximate surface area is 234 Å². The van der Waals surface area contributed by atoms with Crippen molar-refractivity contribution in [3.63, 3.8) is 0 Å². The molecule has 2 amide bonds. The molecule has 0 spiro atoms. The average molecular weight is 587 g/mol. The van der Waals surface area contributed by atoms with Gasteiger partial charge >= 0.3 is 0 Å². The number of hydrogen-bond donors (Lipinski definition) is 1. The topological polar surface area (TPSA) is 86.8 Å². The molecule has 0 saturated heterocycles. The molecule has 0 radical (unpaired) electrons. The summed E-state index contributed by atoms with van der Waals surface area (Å²) < 4.78 is 39.2. The number of carbonyl (C=O) groups is 2. The smallest absolute Gasteiger partial charge is 0.242 e. The van der Waals surface area contributed by atoms with Crippen LogP contribution in [0.4, 0.5) is 10.1 Å². The fourth-order valence-electron chi connectivity index (χ4n) is 4.60. The minimum absolute atomic E-state index is 0.00951. The second kappa shape index (κ2) is 13.6. The molecule has 2 aromatic carbocycles. The maximum absolute atomic E-state index is 13.4. The summed E-state index contributed by atoms with van der Waals surface area (Å²) in [5, 5.41) is 3.82. The molecule has 1 aliphatic rings. The molecule has 208 valence electrons. The van der Waals surface area contributed by atoms with E-state index in [2.05, 4.69) is 5.32 Å². The lowest BCUT2D eigenvalue weighted by Crippen LogP contribution is -2.50. The molecular formula is C27H34Cl2FN3O4S. The molecule has 1 atom stereocenters. The molecule has 7 nitrogen and oxygen atoms in total. The van der Waals surface area contributed by atoms with Crippen LogP contribution in [0.3, 0.4) is 0 Å². The summed E-state index contributed by atoms with van der Waals surface area (Å²) in [7, 11) is -3.66. The van der Waals surface area contributed by atoms with Gasteiger partial charge in [0, 0.05) is 25.6 Å². The molecule has 1 saturated carbocycles. The second-order valence-corrected chi connectivity index (χ2v) is 12.4. The molecule has 1 aliphatic carbocycles. The van der Waals surface area contributed by atoms with Crippen molar-refractivity contribution in [2.45, 2.75) is 70.5 Å². The molecule has 2 aromatic rings. The zero-order chi connectivity index (χ0) is 27.9. The van der Waals surface area contributed by atoms with Crippen molar-refractivity contribution in [1.29, 1.82) is 0 Å². The summed E-state index contributed by atoms with van der Waals surface area (Å²) in [6.07, 6.45) is 6.41. The van der Waals surface area contributed by atoms with Crippen LogP contribution in [0.2, 0.25) is 10.0 Å². The molecule has 11 heteroatoms. The first-order valence-corrected chi connectivity index (χ1v) is 15.3. The van der Waals surface area contributed by atoms with Crippen LogP contribution in [0, 0.1) is 5.82 Å². The molecule has 1 N–H and O–H groups in total. The van der Waals surface area contributed by atoms with Gasteiger partial charge in [-0.15, -0.1) is 0 Å². The zero-order valence-electron chi connectivity index (χ0n) is 21.6. The third-order valence-corrected chi connectivity index (χ3v) is 8.66. The van der Waals surface area contributed by atoms with Crippen molar-refractivity contribution in [3.8, 4) is 0 Å². The highest BCUT2D eigenvalue weighted by Gasteiger charge is 2.28. The van der Waals surface area contributed by atoms with E-state index in [-0.39, 0.29) is 43.8 Å². The Hall–Kier alpha value is -2.36. The monoisotopic (exact) mass is 585 g/mol. The van der Waals surface area contributed by atoms with Gasteiger partial charge in [0.15, 0.2) is 0 Å². The van der Waals surface area contributed by atoms with Crippen molar-refractivity contribution in [2.75, 3.05) is 17.1 Å². The first kappa shape index (κ1) is 30.2. The van der Waals surface area contributed by atoms with E-state index in [1.54, 1.807) is 25.1 Å². The van der Waals surface area contributed by atoms with Gasteiger partial charge in [0.1, 0.15) is 11.9 Å². The van der Waals surface area contributed by atoms with E-state index in [1.807, 2.05) is 0 Å². The van der Waals surface area contributed by atoms with Crippen LogP contribution in [0.15, 0.2) is 42.5 Å². The minimum Gasteiger partial charge on any atom is -0.352 e. The van der Waals surface area contributed by atoms with Gasteiger partial charge in [-0.2, -0.15) is 0 Å². The maximum Gasteiger partial charge on any atom is 0.242 e. The van der Waals surface area contributed by atoms with Gasteiger partial charge in [-0.1, -0.05) is 48.5 Å². The van der Waals surface area contributed by atoms with E-state index in [0.717, 1.165) is 42.7 Å². The number of halogens is 3. The minimum atomic E-state index is -3.66. The molecule has 0 aliphatic heterocycles. The van der Waals surface area contributed by atoms with Crippen LogP contribution in [0.1, 0.15) is 57.4 Å². The summed E-state index contributed by atoms with van der Waals surface area (Å²) >= 11 is 12.2. The molecule has 0 unspecified atom stereocenters. The molecular weight excluding hydrogens is 552 g/mol. The summed E-state index contributed by atoms with van der Waals surface area (Å²) in [4.78, 5) is 28.0. The van der Waals surface area contributed by atoms with Gasteiger partial charge in [0.05, 0.1) is 22.0 Å². The van der Waals surface area contributed by atoms with Crippen LogP contribution >= 0.6 is 23.2 Å². The van der Waals surface area contributed by atoms with E-state index in [1.165, 1.54) is 29.2 Å². The largest absolute Gasteiger partial charge is 0.352 e. The third kappa shape index (κ3) is 8.58. The highest BCUT2D eigenvalue weighted by atomic mass is 35.5. The molecule has 1 fully saturated rings. The number of sulfonamides is 1. The Balaban J connectivity index is 1.73. The van der Waals surface area contributed by atoms with Crippen LogP contribution in [-0.4, -0.2) is 50.0 Å². The molecule has 0 heterocycles. The van der Waals surface area contributed by atoms with Crippen molar-refractivity contribution in [1.82, 2.24) is 10.2 Å². The van der Waals surface area contributed by atoms with Crippen LogP contribution < -0.4 is 9.62 Å². The lowest BCUT2D eigenvalue weighted by Gasteiger charge is -2.31. The summed E-state index contributed by atoms with van der Waals surface area (Å²) in [6, 6.07) is 9.53. The molecule has 3 rings (SSSR count). The average Bonchev–Trinajstić information content (AvgIpc) is 2.87. The normalized spacial score (nSPS) is 15.1. The number of benzene rings is 2. The fraction of sp³-hybridized carbons (Fsp3) is 0.481. The highest BCUT2D eigenvalue weighted by Crippen LogP contribution is 2.25. The Bertz CT molecular complexity index is 1220. The number of nitrogens with one attached hydrogen (secondary N) is 1. The molecule has 0 bridgehead atoms. The van der Waals surface area contributed by atoms with Crippen molar-refractivity contribution >= 4 is 50.7 Å². The van der Waals surface area contributed by atoms with E-state index < -0.39 is 21.9 Å². The zero-order valence-corrected chi connectivity index (χ0v) is 24.0.